The smallest absolute Gasteiger partial charge is 0.203 e. The molecule has 0 bridgehead atoms. The number of nitrogens with zero attached hydrogens (tertiary/aromatic N) is 3. The van der Waals surface area contributed by atoms with E-state index in [-0.39, 0.29) is 0 Å². The quantitative estimate of drug-likeness (QED) is 0.806. The number of methoxy groups -OCH3 is 3. The van der Waals surface area contributed by atoms with Crippen LogP contribution in [0.15, 0.2) is 18.2 Å². The van der Waals surface area contributed by atoms with Gasteiger partial charge in [0.1, 0.15) is 11.6 Å². The van der Waals surface area contributed by atoms with Crippen molar-refractivity contribution >= 4 is 11.4 Å². The zero-order chi connectivity index (χ0) is 19.4. The van der Waals surface area contributed by atoms with Crippen LogP contribution in [0.5, 0.6) is 17.2 Å². The van der Waals surface area contributed by atoms with Crippen molar-refractivity contribution in [2.45, 2.75) is 19.8 Å². The summed E-state index contributed by atoms with van der Waals surface area (Å²) < 4.78 is 16.2. The van der Waals surface area contributed by atoms with Crippen molar-refractivity contribution in [3.05, 3.63) is 40.9 Å². The third-order valence-corrected chi connectivity index (χ3v) is 4.35. The Bertz CT molecular complexity index is 907. The topological polar surface area (TPSA) is 89.3 Å². The van der Waals surface area contributed by atoms with Crippen molar-refractivity contribution in [3.8, 4) is 23.3 Å². The molecule has 1 aliphatic carbocycles. The molecule has 7 nitrogen and oxygen atoms in total. The monoisotopic (exact) mass is 366 g/mol. The molecule has 0 saturated carbocycles. The minimum Gasteiger partial charge on any atom is -0.493 e. The van der Waals surface area contributed by atoms with Gasteiger partial charge < -0.3 is 19.5 Å². The molecule has 3 rings (SSSR count). The van der Waals surface area contributed by atoms with Gasteiger partial charge in [-0.2, -0.15) is 5.26 Å². The Morgan fingerprint density at radius 3 is 2.37 bits per heavy atom. The molecule has 1 aromatic carbocycles. The van der Waals surface area contributed by atoms with Crippen molar-refractivity contribution in [1.82, 2.24) is 9.97 Å². The van der Waals surface area contributed by atoms with Crippen LogP contribution in [0.25, 0.3) is 5.57 Å². The predicted molar refractivity (Wildman–Crippen MR) is 102 cm³/mol. The third-order valence-electron chi connectivity index (χ3n) is 4.35. The molecule has 140 valence electrons. The molecule has 2 aromatic rings. The maximum Gasteiger partial charge on any atom is 0.203 e. The molecule has 0 amide bonds. The average molecular weight is 366 g/mol. The Morgan fingerprint density at radius 1 is 1.11 bits per heavy atom. The highest BCUT2D eigenvalue weighted by atomic mass is 16.5. The van der Waals surface area contributed by atoms with E-state index in [2.05, 4.69) is 21.4 Å². The van der Waals surface area contributed by atoms with Crippen molar-refractivity contribution < 1.29 is 14.2 Å². The van der Waals surface area contributed by atoms with Crippen molar-refractivity contribution in [1.29, 1.82) is 5.26 Å². The number of fused-ring (bicyclic) bond motifs is 1. The van der Waals surface area contributed by atoms with Gasteiger partial charge in [0.25, 0.3) is 0 Å². The Hall–Kier alpha value is -3.27. The first-order valence-electron chi connectivity index (χ1n) is 8.68. The molecule has 1 aromatic heterocycles. The molecule has 0 fully saturated rings. The van der Waals surface area contributed by atoms with E-state index >= 15 is 0 Å². The number of ether oxygens (including phenoxy) is 3. The normalized spacial score (nSPS) is 12.0. The summed E-state index contributed by atoms with van der Waals surface area (Å²) in [5, 5.41) is 12.6. The minimum atomic E-state index is 0.504. The molecular weight excluding hydrogens is 344 g/mol. The molecule has 0 atom stereocenters. The fraction of sp³-hybridized carbons (Fsp3) is 0.350. The highest BCUT2D eigenvalue weighted by Crippen LogP contribution is 2.39. The summed E-state index contributed by atoms with van der Waals surface area (Å²) in [5.41, 5.74) is 3.26. The standard InChI is InChI=1S/C20H22N4O3/c1-5-22-20-18-13(11-21)6-7-14(18)23-17(24-20)10-12-8-15(25-2)19(27-4)16(9-12)26-3/h6,8-9H,5,7,10H2,1-4H3,(H,22,23,24). The minimum absolute atomic E-state index is 0.504. The SMILES string of the molecule is CCNc1nc(Cc2cc(OC)c(OC)c(OC)c2)nc2c1C(C#N)=CC2. The summed E-state index contributed by atoms with van der Waals surface area (Å²) in [6.45, 7) is 2.71. The summed E-state index contributed by atoms with van der Waals surface area (Å²) in [5.74, 6) is 3.11. The number of hydrogen-bond acceptors (Lipinski definition) is 7. The average Bonchev–Trinajstić information content (AvgIpc) is 3.10. The molecule has 27 heavy (non-hydrogen) atoms. The number of allylic oxidation sites excluding steroid dienone is 2. The lowest BCUT2D eigenvalue weighted by atomic mass is 10.1. The van der Waals surface area contributed by atoms with Gasteiger partial charge in [0, 0.05) is 19.4 Å². The zero-order valence-electron chi connectivity index (χ0n) is 15.9. The third kappa shape index (κ3) is 3.51. The molecule has 0 radical (unpaired) electrons. The van der Waals surface area contributed by atoms with E-state index in [1.54, 1.807) is 21.3 Å². The molecule has 0 unspecified atom stereocenters. The Morgan fingerprint density at radius 2 is 1.81 bits per heavy atom. The van der Waals surface area contributed by atoms with Crippen molar-refractivity contribution in [3.63, 3.8) is 0 Å². The Kier molecular flexibility index (Phi) is 5.46. The molecule has 0 aliphatic heterocycles. The highest BCUT2D eigenvalue weighted by molar-refractivity contribution is 5.87. The zero-order valence-corrected chi connectivity index (χ0v) is 15.9. The van der Waals surface area contributed by atoms with Crippen LogP contribution in [0.1, 0.15) is 29.6 Å². The maximum atomic E-state index is 9.33. The first-order valence-corrected chi connectivity index (χ1v) is 8.68. The van der Waals surface area contributed by atoms with Crippen LogP contribution in [0.3, 0.4) is 0 Å². The van der Waals surface area contributed by atoms with E-state index < -0.39 is 0 Å². The van der Waals surface area contributed by atoms with Crippen LogP contribution in [-0.4, -0.2) is 37.8 Å². The van der Waals surface area contributed by atoms with Crippen LogP contribution in [0, 0.1) is 11.3 Å². The first-order chi connectivity index (χ1) is 13.1. The molecule has 0 saturated heterocycles. The number of anilines is 1. The largest absolute Gasteiger partial charge is 0.493 e. The van der Waals surface area contributed by atoms with E-state index in [9.17, 15) is 5.26 Å². The second-order valence-electron chi connectivity index (χ2n) is 5.98. The van der Waals surface area contributed by atoms with Crippen molar-refractivity contribution in [2.75, 3.05) is 33.2 Å². The summed E-state index contributed by atoms with van der Waals surface area (Å²) >= 11 is 0. The van der Waals surface area contributed by atoms with Gasteiger partial charge in [0.2, 0.25) is 5.75 Å². The molecular formula is C20H22N4O3. The fourth-order valence-electron chi connectivity index (χ4n) is 3.19. The molecule has 1 heterocycles. The van der Waals surface area contributed by atoms with Crippen LogP contribution >= 0.6 is 0 Å². The van der Waals surface area contributed by atoms with Gasteiger partial charge in [-0.05, 0) is 24.6 Å². The molecule has 1 aliphatic rings. The Labute approximate surface area is 158 Å². The van der Waals surface area contributed by atoms with E-state index in [1.807, 2.05) is 25.1 Å². The van der Waals surface area contributed by atoms with Gasteiger partial charge in [-0.25, -0.2) is 9.97 Å². The summed E-state index contributed by atoms with van der Waals surface area (Å²) in [6.07, 6.45) is 3.04. The molecule has 7 heteroatoms. The first kappa shape index (κ1) is 18.5. The van der Waals surface area contributed by atoms with Crippen LogP contribution in [0.2, 0.25) is 0 Å². The lowest BCUT2D eigenvalue weighted by Crippen LogP contribution is -2.09. The number of benzene rings is 1. The van der Waals surface area contributed by atoms with E-state index in [0.717, 1.165) is 16.8 Å². The van der Waals surface area contributed by atoms with Gasteiger partial charge >= 0.3 is 0 Å². The number of aromatic nitrogens is 2. The van der Waals surface area contributed by atoms with E-state index in [1.165, 1.54) is 0 Å². The fourth-order valence-corrected chi connectivity index (χ4v) is 3.19. The van der Waals surface area contributed by atoms with Crippen LogP contribution in [0.4, 0.5) is 5.82 Å². The predicted octanol–water partition coefficient (Wildman–Crippen LogP) is 2.99. The van der Waals surface area contributed by atoms with Gasteiger partial charge in [-0.1, -0.05) is 6.08 Å². The molecule has 1 N–H and O–H groups in total. The van der Waals surface area contributed by atoms with Crippen LogP contribution in [-0.2, 0) is 12.8 Å². The highest BCUT2D eigenvalue weighted by Gasteiger charge is 2.22. The lowest BCUT2D eigenvalue weighted by Gasteiger charge is -2.15. The van der Waals surface area contributed by atoms with E-state index in [4.69, 9.17) is 14.2 Å². The number of nitrogens with one attached hydrogen (secondary N) is 1. The van der Waals surface area contributed by atoms with Gasteiger partial charge in [-0.15, -0.1) is 0 Å². The number of rotatable bonds is 7. The summed E-state index contributed by atoms with van der Waals surface area (Å²) in [6, 6.07) is 6.01. The maximum absolute atomic E-state index is 9.33. The number of nitriles is 1. The van der Waals surface area contributed by atoms with Crippen molar-refractivity contribution in [2.24, 2.45) is 0 Å². The van der Waals surface area contributed by atoms with Gasteiger partial charge in [-0.3, -0.25) is 0 Å². The summed E-state index contributed by atoms with van der Waals surface area (Å²) in [4.78, 5) is 9.33. The summed E-state index contributed by atoms with van der Waals surface area (Å²) in [7, 11) is 4.75. The van der Waals surface area contributed by atoms with Crippen LogP contribution < -0.4 is 19.5 Å². The van der Waals surface area contributed by atoms with E-state index in [0.29, 0.717) is 53.9 Å². The second-order valence-corrected chi connectivity index (χ2v) is 5.98. The van der Waals surface area contributed by atoms with Gasteiger partial charge in [0.05, 0.1) is 44.2 Å². The lowest BCUT2D eigenvalue weighted by molar-refractivity contribution is 0.324. The van der Waals surface area contributed by atoms with Gasteiger partial charge in [0.15, 0.2) is 11.5 Å². The molecule has 0 spiro atoms. The Balaban J connectivity index is 2.00. The number of hydrogen-bond donors (Lipinski definition) is 1. The second kappa shape index (κ2) is 7.96.